The molecular formula is C12H20N2. The Bertz CT molecular complexity index is 244. The SMILES string of the molecule is CC(CCc1ccccc1)NN(C)C. The maximum Gasteiger partial charge on any atom is 0.0189 e. The second-order valence-electron chi connectivity index (χ2n) is 3.95. The van der Waals surface area contributed by atoms with Gasteiger partial charge in [0.05, 0.1) is 0 Å². The van der Waals surface area contributed by atoms with E-state index in [-0.39, 0.29) is 0 Å². The molecule has 2 heteroatoms. The first-order valence-corrected chi connectivity index (χ1v) is 5.16. The third-order valence-electron chi connectivity index (χ3n) is 2.19. The Labute approximate surface area is 86.9 Å². The molecule has 0 fully saturated rings. The molecule has 1 atom stereocenters. The van der Waals surface area contributed by atoms with Crippen molar-refractivity contribution >= 4 is 0 Å². The summed E-state index contributed by atoms with van der Waals surface area (Å²) < 4.78 is 0. The number of hydrazine groups is 1. The molecule has 0 amide bonds. The predicted molar refractivity (Wildman–Crippen MR) is 61.0 cm³/mol. The molecule has 0 aliphatic heterocycles. The molecule has 0 saturated carbocycles. The van der Waals surface area contributed by atoms with Crippen LogP contribution in [-0.2, 0) is 6.42 Å². The topological polar surface area (TPSA) is 15.3 Å². The van der Waals surface area contributed by atoms with Crippen LogP contribution in [0.15, 0.2) is 30.3 Å². The summed E-state index contributed by atoms with van der Waals surface area (Å²) in [5.41, 5.74) is 4.76. The third kappa shape index (κ3) is 4.40. The first-order chi connectivity index (χ1) is 6.68. The lowest BCUT2D eigenvalue weighted by Crippen LogP contribution is -2.38. The zero-order valence-electron chi connectivity index (χ0n) is 9.33. The van der Waals surface area contributed by atoms with Gasteiger partial charge in [-0.1, -0.05) is 30.3 Å². The number of hydrogen-bond donors (Lipinski definition) is 1. The first-order valence-electron chi connectivity index (χ1n) is 5.16. The molecule has 78 valence electrons. The smallest absolute Gasteiger partial charge is 0.0189 e. The summed E-state index contributed by atoms with van der Waals surface area (Å²) in [6, 6.07) is 11.2. The number of nitrogens with one attached hydrogen (secondary N) is 1. The summed E-state index contributed by atoms with van der Waals surface area (Å²) >= 11 is 0. The van der Waals surface area contributed by atoms with Gasteiger partial charge in [0.2, 0.25) is 0 Å². The lowest BCUT2D eigenvalue weighted by molar-refractivity contribution is 0.243. The number of aryl methyl sites for hydroxylation is 1. The van der Waals surface area contributed by atoms with E-state index in [0.29, 0.717) is 6.04 Å². The Morgan fingerprint density at radius 1 is 1.21 bits per heavy atom. The number of hydrogen-bond acceptors (Lipinski definition) is 2. The fourth-order valence-electron chi connectivity index (χ4n) is 1.53. The molecule has 1 unspecified atom stereocenters. The van der Waals surface area contributed by atoms with Crippen LogP contribution >= 0.6 is 0 Å². The molecule has 1 N–H and O–H groups in total. The van der Waals surface area contributed by atoms with Crippen LogP contribution in [0, 0.1) is 0 Å². The van der Waals surface area contributed by atoms with Crippen LogP contribution in [0.4, 0.5) is 0 Å². The van der Waals surface area contributed by atoms with Gasteiger partial charge in [-0.3, -0.25) is 10.4 Å². The number of nitrogens with zero attached hydrogens (tertiary/aromatic N) is 1. The molecule has 0 spiro atoms. The van der Waals surface area contributed by atoms with E-state index < -0.39 is 0 Å². The fourth-order valence-corrected chi connectivity index (χ4v) is 1.53. The normalized spacial score (nSPS) is 13.1. The molecule has 0 heterocycles. The third-order valence-corrected chi connectivity index (χ3v) is 2.19. The summed E-state index contributed by atoms with van der Waals surface area (Å²) in [5.74, 6) is 0. The van der Waals surface area contributed by atoms with Crippen molar-refractivity contribution < 1.29 is 0 Å². The molecule has 1 aromatic carbocycles. The van der Waals surface area contributed by atoms with Crippen LogP contribution in [0.25, 0.3) is 0 Å². The Morgan fingerprint density at radius 2 is 1.86 bits per heavy atom. The lowest BCUT2D eigenvalue weighted by Gasteiger charge is -2.19. The van der Waals surface area contributed by atoms with E-state index in [1.54, 1.807) is 0 Å². The Balaban J connectivity index is 2.27. The monoisotopic (exact) mass is 192 g/mol. The maximum atomic E-state index is 3.35. The molecule has 0 aromatic heterocycles. The highest BCUT2D eigenvalue weighted by Crippen LogP contribution is 2.04. The van der Waals surface area contributed by atoms with Crippen molar-refractivity contribution in [3.63, 3.8) is 0 Å². The van der Waals surface area contributed by atoms with Gasteiger partial charge in [-0.2, -0.15) is 0 Å². The van der Waals surface area contributed by atoms with E-state index >= 15 is 0 Å². The van der Waals surface area contributed by atoms with Gasteiger partial charge < -0.3 is 0 Å². The largest absolute Gasteiger partial charge is 0.253 e. The molecule has 2 nitrogen and oxygen atoms in total. The van der Waals surface area contributed by atoms with Crippen LogP contribution in [0.5, 0.6) is 0 Å². The van der Waals surface area contributed by atoms with Crippen molar-refractivity contribution in [2.75, 3.05) is 14.1 Å². The van der Waals surface area contributed by atoms with Crippen LogP contribution in [0.1, 0.15) is 18.9 Å². The minimum absolute atomic E-state index is 0.533. The molecule has 0 aliphatic carbocycles. The van der Waals surface area contributed by atoms with Gasteiger partial charge in [0.15, 0.2) is 0 Å². The van der Waals surface area contributed by atoms with Gasteiger partial charge in [0, 0.05) is 20.1 Å². The molecule has 0 radical (unpaired) electrons. The van der Waals surface area contributed by atoms with Crippen LogP contribution in [0.2, 0.25) is 0 Å². The van der Waals surface area contributed by atoms with Crippen molar-refractivity contribution in [1.82, 2.24) is 10.4 Å². The lowest BCUT2D eigenvalue weighted by atomic mass is 10.1. The highest BCUT2D eigenvalue weighted by atomic mass is 15.5. The van der Waals surface area contributed by atoms with Gasteiger partial charge >= 0.3 is 0 Å². The molecule has 0 saturated heterocycles. The highest BCUT2D eigenvalue weighted by molar-refractivity contribution is 5.14. The Kier molecular flexibility index (Phi) is 4.63. The molecule has 1 aromatic rings. The van der Waals surface area contributed by atoms with Crippen molar-refractivity contribution in [3.8, 4) is 0 Å². The molecule has 0 aliphatic rings. The van der Waals surface area contributed by atoms with E-state index in [1.165, 1.54) is 12.0 Å². The molecular weight excluding hydrogens is 172 g/mol. The molecule has 0 bridgehead atoms. The van der Waals surface area contributed by atoms with Crippen molar-refractivity contribution in [2.45, 2.75) is 25.8 Å². The maximum absolute atomic E-state index is 3.35. The average Bonchev–Trinajstić information content (AvgIpc) is 2.15. The van der Waals surface area contributed by atoms with Crippen molar-refractivity contribution in [2.24, 2.45) is 0 Å². The van der Waals surface area contributed by atoms with Gasteiger partial charge in [0.25, 0.3) is 0 Å². The van der Waals surface area contributed by atoms with E-state index in [0.717, 1.165) is 6.42 Å². The van der Waals surface area contributed by atoms with Crippen molar-refractivity contribution in [3.05, 3.63) is 35.9 Å². The second kappa shape index (κ2) is 5.78. The minimum atomic E-state index is 0.533. The second-order valence-corrected chi connectivity index (χ2v) is 3.95. The average molecular weight is 192 g/mol. The van der Waals surface area contributed by atoms with Gasteiger partial charge in [-0.15, -0.1) is 0 Å². The minimum Gasteiger partial charge on any atom is -0.253 e. The zero-order valence-corrected chi connectivity index (χ0v) is 9.33. The number of rotatable bonds is 5. The standard InChI is InChI=1S/C12H20N2/c1-11(13-14(2)3)9-10-12-7-5-4-6-8-12/h4-8,11,13H,9-10H2,1-3H3. The quantitative estimate of drug-likeness (QED) is 0.718. The zero-order chi connectivity index (χ0) is 10.4. The van der Waals surface area contributed by atoms with E-state index in [9.17, 15) is 0 Å². The summed E-state index contributed by atoms with van der Waals surface area (Å²) in [6.07, 6.45) is 2.31. The number of benzene rings is 1. The van der Waals surface area contributed by atoms with Crippen molar-refractivity contribution in [1.29, 1.82) is 0 Å². The van der Waals surface area contributed by atoms with E-state index in [2.05, 4.69) is 42.7 Å². The summed E-state index contributed by atoms with van der Waals surface area (Å²) in [6.45, 7) is 2.21. The van der Waals surface area contributed by atoms with E-state index in [4.69, 9.17) is 0 Å². The fraction of sp³-hybridized carbons (Fsp3) is 0.500. The summed E-state index contributed by atoms with van der Waals surface area (Å²) in [7, 11) is 4.05. The molecule has 14 heavy (non-hydrogen) atoms. The first kappa shape index (κ1) is 11.2. The van der Waals surface area contributed by atoms with Crippen LogP contribution in [-0.4, -0.2) is 25.1 Å². The molecule has 1 rings (SSSR count). The van der Waals surface area contributed by atoms with Crippen LogP contribution in [0.3, 0.4) is 0 Å². The predicted octanol–water partition coefficient (Wildman–Crippen LogP) is 2.07. The highest BCUT2D eigenvalue weighted by Gasteiger charge is 2.02. The summed E-state index contributed by atoms with van der Waals surface area (Å²) in [4.78, 5) is 0. The van der Waals surface area contributed by atoms with Gasteiger partial charge in [-0.25, -0.2) is 0 Å². The Morgan fingerprint density at radius 3 is 2.43 bits per heavy atom. The summed E-state index contributed by atoms with van der Waals surface area (Å²) in [5, 5.41) is 2.01. The van der Waals surface area contributed by atoms with Gasteiger partial charge in [-0.05, 0) is 25.3 Å². The van der Waals surface area contributed by atoms with Gasteiger partial charge in [0.1, 0.15) is 0 Å². The van der Waals surface area contributed by atoms with Crippen LogP contribution < -0.4 is 5.43 Å². The Hall–Kier alpha value is -0.860. The van der Waals surface area contributed by atoms with E-state index in [1.807, 2.05) is 19.1 Å².